The van der Waals surface area contributed by atoms with Crippen molar-refractivity contribution < 1.29 is 4.79 Å². The topological polar surface area (TPSA) is 32.3 Å². The van der Waals surface area contributed by atoms with Crippen molar-refractivity contribution in [3.8, 4) is 0 Å². The zero-order chi connectivity index (χ0) is 13.1. The van der Waals surface area contributed by atoms with Gasteiger partial charge in [-0.05, 0) is 43.9 Å². The fourth-order valence-corrected chi connectivity index (χ4v) is 2.69. The first-order valence-corrected chi connectivity index (χ1v) is 6.83. The molecular weight excluding hydrogens is 212 g/mol. The van der Waals surface area contributed by atoms with Crippen molar-refractivity contribution in [2.24, 2.45) is 11.3 Å². The quantitative estimate of drug-likeness (QED) is 0.807. The molecule has 1 aliphatic rings. The van der Waals surface area contributed by atoms with Gasteiger partial charge in [0.15, 0.2) is 0 Å². The van der Waals surface area contributed by atoms with E-state index in [1.807, 2.05) is 14.0 Å². The number of urea groups is 1. The van der Waals surface area contributed by atoms with Gasteiger partial charge in [0, 0.05) is 19.6 Å². The molecule has 0 aliphatic heterocycles. The molecule has 17 heavy (non-hydrogen) atoms. The lowest BCUT2D eigenvalue weighted by molar-refractivity contribution is 0.206. The van der Waals surface area contributed by atoms with Crippen LogP contribution in [0, 0.1) is 11.3 Å². The van der Waals surface area contributed by atoms with E-state index in [0.717, 1.165) is 25.3 Å². The van der Waals surface area contributed by atoms with Crippen LogP contribution < -0.4 is 5.32 Å². The number of rotatable bonds is 3. The van der Waals surface area contributed by atoms with Crippen LogP contribution in [0.2, 0.25) is 0 Å². The molecule has 3 heteroatoms. The Balaban J connectivity index is 2.33. The lowest BCUT2D eigenvalue weighted by Crippen LogP contribution is -2.42. The summed E-state index contributed by atoms with van der Waals surface area (Å²) in [6, 6.07) is 0.470. The minimum atomic E-state index is 0.0777. The van der Waals surface area contributed by atoms with Crippen molar-refractivity contribution in [2.75, 3.05) is 13.6 Å². The summed E-state index contributed by atoms with van der Waals surface area (Å²) in [5.74, 6) is 0.784. The van der Waals surface area contributed by atoms with Gasteiger partial charge in [0.1, 0.15) is 0 Å². The van der Waals surface area contributed by atoms with Crippen molar-refractivity contribution in [1.82, 2.24) is 10.2 Å². The zero-order valence-electron chi connectivity index (χ0n) is 12.0. The SMILES string of the molecule is CCN(C)C(=O)NC1CCC(CC(C)(C)C)C1. The molecule has 0 saturated heterocycles. The molecule has 2 atom stereocenters. The number of amides is 2. The van der Waals surface area contributed by atoms with Crippen molar-refractivity contribution >= 4 is 6.03 Å². The smallest absolute Gasteiger partial charge is 0.317 e. The van der Waals surface area contributed by atoms with Crippen LogP contribution in [-0.2, 0) is 0 Å². The fourth-order valence-electron chi connectivity index (χ4n) is 2.69. The third-order valence-corrected chi connectivity index (χ3v) is 3.59. The maximum atomic E-state index is 11.7. The average Bonchev–Trinajstić information content (AvgIpc) is 2.61. The van der Waals surface area contributed by atoms with Gasteiger partial charge < -0.3 is 10.2 Å². The number of nitrogens with zero attached hydrogens (tertiary/aromatic N) is 1. The van der Waals surface area contributed by atoms with Crippen LogP contribution in [0.4, 0.5) is 4.79 Å². The zero-order valence-corrected chi connectivity index (χ0v) is 12.0. The van der Waals surface area contributed by atoms with Crippen LogP contribution >= 0.6 is 0 Å². The Kier molecular flexibility index (Phi) is 4.84. The predicted molar refractivity (Wildman–Crippen MR) is 72.0 cm³/mol. The van der Waals surface area contributed by atoms with Crippen LogP contribution in [0.1, 0.15) is 53.4 Å². The highest BCUT2D eigenvalue weighted by Crippen LogP contribution is 2.35. The summed E-state index contributed by atoms with van der Waals surface area (Å²) >= 11 is 0. The molecular formula is C14H28N2O. The van der Waals surface area contributed by atoms with Gasteiger partial charge in [0.2, 0.25) is 0 Å². The number of carbonyl (C=O) groups is 1. The van der Waals surface area contributed by atoms with Gasteiger partial charge in [0.05, 0.1) is 0 Å². The Morgan fingerprint density at radius 1 is 1.35 bits per heavy atom. The van der Waals surface area contributed by atoms with Gasteiger partial charge in [-0.25, -0.2) is 4.79 Å². The summed E-state index contributed by atoms with van der Waals surface area (Å²) in [6.07, 6.45) is 4.83. The lowest BCUT2D eigenvalue weighted by atomic mass is 9.84. The lowest BCUT2D eigenvalue weighted by Gasteiger charge is -2.23. The highest BCUT2D eigenvalue weighted by Gasteiger charge is 2.29. The summed E-state index contributed by atoms with van der Waals surface area (Å²) in [6.45, 7) is 9.65. The molecule has 0 aromatic carbocycles. The number of carbonyl (C=O) groups excluding carboxylic acids is 1. The molecule has 100 valence electrons. The van der Waals surface area contributed by atoms with Gasteiger partial charge in [-0.15, -0.1) is 0 Å². The minimum Gasteiger partial charge on any atom is -0.335 e. The van der Waals surface area contributed by atoms with Gasteiger partial charge in [0.25, 0.3) is 0 Å². The minimum absolute atomic E-state index is 0.0777. The van der Waals surface area contributed by atoms with Gasteiger partial charge in [-0.1, -0.05) is 20.8 Å². The number of hydrogen-bond donors (Lipinski definition) is 1. The van der Waals surface area contributed by atoms with E-state index in [4.69, 9.17) is 0 Å². The largest absolute Gasteiger partial charge is 0.335 e. The third-order valence-electron chi connectivity index (χ3n) is 3.59. The molecule has 0 bridgehead atoms. The summed E-state index contributed by atoms with van der Waals surface area (Å²) in [5.41, 5.74) is 0.407. The van der Waals surface area contributed by atoms with Gasteiger partial charge >= 0.3 is 6.03 Å². The Hall–Kier alpha value is -0.730. The molecule has 3 nitrogen and oxygen atoms in total. The van der Waals surface area contributed by atoms with Crippen LogP contribution in [0.15, 0.2) is 0 Å². The Bertz CT molecular complexity index is 257. The summed E-state index contributed by atoms with van der Waals surface area (Å²) < 4.78 is 0. The van der Waals surface area contributed by atoms with Crippen molar-refractivity contribution in [1.29, 1.82) is 0 Å². The second-order valence-electron chi connectivity index (χ2n) is 6.60. The number of hydrogen-bond acceptors (Lipinski definition) is 1. The Morgan fingerprint density at radius 2 is 2.00 bits per heavy atom. The van der Waals surface area contributed by atoms with E-state index in [2.05, 4.69) is 26.1 Å². The average molecular weight is 240 g/mol. The van der Waals surface area contributed by atoms with E-state index < -0.39 is 0 Å². The molecule has 0 spiro atoms. The second kappa shape index (κ2) is 5.74. The van der Waals surface area contributed by atoms with Crippen molar-refractivity contribution in [3.05, 3.63) is 0 Å². The van der Waals surface area contributed by atoms with E-state index in [1.54, 1.807) is 4.90 Å². The normalized spacial score (nSPS) is 24.8. The van der Waals surface area contributed by atoms with Crippen molar-refractivity contribution in [2.45, 2.75) is 59.4 Å². The molecule has 1 saturated carbocycles. The number of nitrogens with one attached hydrogen (secondary N) is 1. The van der Waals surface area contributed by atoms with E-state index in [9.17, 15) is 4.79 Å². The first kappa shape index (κ1) is 14.3. The summed E-state index contributed by atoms with van der Waals surface area (Å²) in [7, 11) is 1.84. The molecule has 0 aromatic heterocycles. The standard InChI is InChI=1S/C14H28N2O/c1-6-16(5)13(17)15-12-8-7-11(9-12)10-14(2,3)4/h11-12H,6-10H2,1-5H3,(H,15,17). The summed E-state index contributed by atoms with van der Waals surface area (Å²) in [5, 5.41) is 3.13. The van der Waals surface area contributed by atoms with Crippen LogP contribution in [0.3, 0.4) is 0 Å². The molecule has 0 heterocycles. The fraction of sp³-hybridized carbons (Fsp3) is 0.929. The molecule has 1 N–H and O–H groups in total. The molecule has 0 aromatic rings. The van der Waals surface area contributed by atoms with E-state index in [1.165, 1.54) is 12.8 Å². The molecule has 2 amide bonds. The molecule has 1 aliphatic carbocycles. The Labute approximate surface area is 106 Å². The van der Waals surface area contributed by atoms with E-state index in [0.29, 0.717) is 11.5 Å². The van der Waals surface area contributed by atoms with Crippen molar-refractivity contribution in [3.63, 3.8) is 0 Å². The maximum Gasteiger partial charge on any atom is 0.317 e. The molecule has 1 rings (SSSR count). The third kappa shape index (κ3) is 4.97. The second-order valence-corrected chi connectivity index (χ2v) is 6.60. The first-order chi connectivity index (χ1) is 7.81. The van der Waals surface area contributed by atoms with Gasteiger partial charge in [-0.3, -0.25) is 0 Å². The van der Waals surface area contributed by atoms with Crippen LogP contribution in [-0.4, -0.2) is 30.6 Å². The highest BCUT2D eigenvalue weighted by molar-refractivity contribution is 5.74. The summed E-state index contributed by atoms with van der Waals surface area (Å²) in [4.78, 5) is 13.5. The maximum absolute atomic E-state index is 11.7. The van der Waals surface area contributed by atoms with Gasteiger partial charge in [-0.2, -0.15) is 0 Å². The van der Waals surface area contributed by atoms with E-state index in [-0.39, 0.29) is 6.03 Å². The monoisotopic (exact) mass is 240 g/mol. The van der Waals surface area contributed by atoms with Crippen LogP contribution in [0.25, 0.3) is 0 Å². The van der Waals surface area contributed by atoms with E-state index >= 15 is 0 Å². The molecule has 0 radical (unpaired) electrons. The first-order valence-electron chi connectivity index (χ1n) is 6.83. The molecule has 1 fully saturated rings. The predicted octanol–water partition coefficient (Wildman–Crippen LogP) is 3.25. The van der Waals surface area contributed by atoms with Crippen LogP contribution in [0.5, 0.6) is 0 Å². The Morgan fingerprint density at radius 3 is 2.53 bits per heavy atom. The highest BCUT2D eigenvalue weighted by atomic mass is 16.2. The molecule has 2 unspecified atom stereocenters.